The van der Waals surface area contributed by atoms with Gasteiger partial charge in [-0.15, -0.1) is 0 Å². The third kappa shape index (κ3) is 9.50. The molecule has 0 radical (unpaired) electrons. The average Bonchev–Trinajstić information content (AvgIpc) is 3.08. The molecule has 0 aromatic rings. The monoisotopic (exact) mass is 749 g/mol. The van der Waals surface area contributed by atoms with Crippen molar-refractivity contribution in [1.82, 2.24) is 4.90 Å². The van der Waals surface area contributed by atoms with E-state index in [1.54, 1.807) is 55.4 Å². The molecule has 3 fully saturated rings. The van der Waals surface area contributed by atoms with Crippen LogP contribution in [-0.2, 0) is 38.0 Å². The van der Waals surface area contributed by atoms with E-state index in [1.165, 1.54) is 14.2 Å². The first-order valence-electron chi connectivity index (χ1n) is 19.0. The van der Waals surface area contributed by atoms with Gasteiger partial charge in [0.2, 0.25) is 0 Å². The lowest BCUT2D eigenvalue weighted by molar-refractivity contribution is -0.318. The van der Waals surface area contributed by atoms with E-state index >= 15 is 0 Å². The van der Waals surface area contributed by atoms with E-state index in [2.05, 4.69) is 0 Å². The van der Waals surface area contributed by atoms with Crippen molar-refractivity contribution in [2.45, 2.75) is 185 Å². The highest BCUT2D eigenvalue weighted by molar-refractivity contribution is 5.73. The summed E-state index contributed by atoms with van der Waals surface area (Å²) in [5.74, 6) is -3.74. The molecular formula is C38H71NO13. The highest BCUT2D eigenvalue weighted by atomic mass is 16.7. The van der Waals surface area contributed by atoms with E-state index in [4.69, 9.17) is 33.2 Å². The molecular weight excluding hydrogens is 678 g/mol. The van der Waals surface area contributed by atoms with Crippen molar-refractivity contribution in [2.75, 3.05) is 28.3 Å². The number of likely N-dealkylation sites (N-methyl/N-ethyl adjacent to an activating group) is 1. The Hall–Kier alpha value is -1.01. The molecule has 0 saturated carbocycles. The summed E-state index contributed by atoms with van der Waals surface area (Å²) in [5.41, 5.74) is -4.12. The van der Waals surface area contributed by atoms with Crippen LogP contribution in [0.3, 0.4) is 0 Å². The number of cyclic esters (lactones) is 1. The molecule has 0 aliphatic carbocycles. The molecule has 19 atom stereocenters. The summed E-state index contributed by atoms with van der Waals surface area (Å²) >= 11 is 0. The van der Waals surface area contributed by atoms with E-state index in [0.29, 0.717) is 12.8 Å². The fraction of sp³-hybridized carbons (Fsp3) is 0.974. The van der Waals surface area contributed by atoms with E-state index < -0.39 is 108 Å². The van der Waals surface area contributed by atoms with Gasteiger partial charge in [0.25, 0.3) is 0 Å². The number of hydrogen-bond donors (Lipinski definition) is 5. The van der Waals surface area contributed by atoms with Gasteiger partial charge in [-0.05, 0) is 80.8 Å². The Morgan fingerprint density at radius 3 is 2.00 bits per heavy atom. The number of aliphatic hydroxyl groups excluding tert-OH is 4. The van der Waals surface area contributed by atoms with E-state index in [-0.39, 0.29) is 25.0 Å². The molecule has 0 unspecified atom stereocenters. The quantitative estimate of drug-likeness (QED) is 0.228. The van der Waals surface area contributed by atoms with Crippen LogP contribution < -0.4 is 0 Å². The first kappa shape index (κ1) is 45.4. The van der Waals surface area contributed by atoms with Crippen LogP contribution in [0.4, 0.5) is 0 Å². The Morgan fingerprint density at radius 1 is 0.846 bits per heavy atom. The third-order valence-corrected chi connectivity index (χ3v) is 12.5. The SMILES string of the molecule is CC[C@H]1OC(=O)[C@H](C)[C@@H](O[C@H]2C[C@@](C)(OC)[C@@H](O)[C@H](C)O2)[C@H](C)[C@@H](O[C@@H]2O[C@H](C)C[C@H](N(C)C)[C@H]2O)[C@](C)(O)C[C@@H](C)[C@H](O)[C@H](C)[C@@H](O)[C@]1(C)OC. The molecule has 14 heteroatoms. The number of nitrogens with zero attached hydrogens (tertiary/aromatic N) is 1. The Bertz CT molecular complexity index is 1140. The van der Waals surface area contributed by atoms with Crippen molar-refractivity contribution in [3.05, 3.63) is 0 Å². The average molecular weight is 750 g/mol. The number of aliphatic hydroxyl groups is 5. The molecule has 3 heterocycles. The Balaban J connectivity index is 2.20. The van der Waals surface area contributed by atoms with Gasteiger partial charge in [-0.1, -0.05) is 27.7 Å². The first-order chi connectivity index (χ1) is 24.0. The Kier molecular flexibility index (Phi) is 15.6. The molecule has 3 saturated heterocycles. The number of carbonyl (C=O) groups is 1. The lowest BCUT2D eigenvalue weighted by Crippen LogP contribution is -2.61. The maximum absolute atomic E-state index is 14.3. The summed E-state index contributed by atoms with van der Waals surface area (Å²) in [6.07, 6.45) is -9.53. The highest BCUT2D eigenvalue weighted by Gasteiger charge is 2.54. The molecule has 3 rings (SSSR count). The second-order valence-corrected chi connectivity index (χ2v) is 16.9. The van der Waals surface area contributed by atoms with Crippen LogP contribution in [0.2, 0.25) is 0 Å². The van der Waals surface area contributed by atoms with Crippen LogP contribution in [-0.4, -0.2) is 155 Å². The van der Waals surface area contributed by atoms with Crippen molar-refractivity contribution in [3.8, 4) is 0 Å². The van der Waals surface area contributed by atoms with E-state index in [0.717, 1.165) is 0 Å². The normalized spacial score (nSPS) is 50.4. The van der Waals surface area contributed by atoms with Crippen LogP contribution in [0.25, 0.3) is 0 Å². The summed E-state index contributed by atoms with van der Waals surface area (Å²) in [6.45, 7) is 17.4. The summed E-state index contributed by atoms with van der Waals surface area (Å²) in [7, 11) is 6.67. The van der Waals surface area contributed by atoms with Crippen LogP contribution in [0, 0.1) is 23.7 Å². The maximum Gasteiger partial charge on any atom is 0.311 e. The van der Waals surface area contributed by atoms with Crippen molar-refractivity contribution >= 4 is 5.97 Å². The number of esters is 1. The summed E-state index contributed by atoms with van der Waals surface area (Å²) in [6, 6.07) is -0.298. The molecule has 0 aromatic carbocycles. The summed E-state index contributed by atoms with van der Waals surface area (Å²) in [5, 5.41) is 58.3. The second-order valence-electron chi connectivity index (χ2n) is 16.9. The lowest BCUT2D eigenvalue weighted by atomic mass is 9.73. The second kappa shape index (κ2) is 17.8. The number of rotatable bonds is 8. The number of hydrogen-bond acceptors (Lipinski definition) is 14. The van der Waals surface area contributed by atoms with Crippen molar-refractivity contribution in [1.29, 1.82) is 0 Å². The largest absolute Gasteiger partial charge is 0.459 e. The van der Waals surface area contributed by atoms with Gasteiger partial charge in [-0.3, -0.25) is 4.79 Å². The van der Waals surface area contributed by atoms with Gasteiger partial charge in [-0.25, -0.2) is 0 Å². The number of ether oxygens (including phenoxy) is 7. The molecule has 14 nitrogen and oxygen atoms in total. The minimum atomic E-state index is -1.70. The van der Waals surface area contributed by atoms with Gasteiger partial charge in [0.15, 0.2) is 12.6 Å². The standard InChI is InChI=1S/C38H71NO13/c1-15-26-38(10,47-14)31(42)21(4)28(40)19(2)17-36(8,45)33(52-35-29(41)25(39(11)12)16-20(3)48-35)22(5)30(23(6)34(44)50-26)51-27-18-37(9,46-13)32(43)24(7)49-27/h19-33,35,40-43,45H,15-18H2,1-14H3/t19-,20-,21+,22+,23-,24+,25+,26-,27+,28+,29-,30+,31-,32+,33-,35+,36-,37-,38-/m1/s1. The zero-order chi connectivity index (χ0) is 39.7. The van der Waals surface area contributed by atoms with Gasteiger partial charge in [0, 0.05) is 38.5 Å². The smallest absolute Gasteiger partial charge is 0.311 e. The van der Waals surface area contributed by atoms with Crippen molar-refractivity contribution in [2.24, 2.45) is 23.7 Å². The molecule has 3 aliphatic rings. The topological polar surface area (TPSA) is 186 Å². The highest BCUT2D eigenvalue weighted by Crippen LogP contribution is 2.41. The Labute approximate surface area is 311 Å². The lowest BCUT2D eigenvalue weighted by Gasteiger charge is -2.49. The minimum Gasteiger partial charge on any atom is -0.459 e. The zero-order valence-electron chi connectivity index (χ0n) is 34.0. The van der Waals surface area contributed by atoms with Gasteiger partial charge < -0.3 is 63.6 Å². The van der Waals surface area contributed by atoms with Crippen molar-refractivity contribution < 1.29 is 63.5 Å². The molecule has 306 valence electrons. The van der Waals surface area contributed by atoms with E-state index in [1.807, 2.05) is 32.8 Å². The summed E-state index contributed by atoms with van der Waals surface area (Å²) in [4.78, 5) is 16.2. The zero-order valence-corrected chi connectivity index (χ0v) is 34.0. The van der Waals surface area contributed by atoms with Crippen LogP contribution in [0.15, 0.2) is 0 Å². The molecule has 0 bridgehead atoms. The van der Waals surface area contributed by atoms with Crippen LogP contribution >= 0.6 is 0 Å². The molecule has 0 spiro atoms. The molecule has 0 amide bonds. The minimum absolute atomic E-state index is 0.00701. The van der Waals surface area contributed by atoms with Crippen LogP contribution in [0.1, 0.15) is 94.9 Å². The van der Waals surface area contributed by atoms with E-state index in [9.17, 15) is 30.3 Å². The Morgan fingerprint density at radius 2 is 1.46 bits per heavy atom. The molecule has 52 heavy (non-hydrogen) atoms. The van der Waals surface area contributed by atoms with Crippen LogP contribution in [0.5, 0.6) is 0 Å². The predicted molar refractivity (Wildman–Crippen MR) is 192 cm³/mol. The van der Waals surface area contributed by atoms with Crippen molar-refractivity contribution in [3.63, 3.8) is 0 Å². The predicted octanol–water partition coefficient (Wildman–Crippen LogP) is 2.23. The third-order valence-electron chi connectivity index (χ3n) is 12.5. The molecule has 0 aromatic heterocycles. The van der Waals surface area contributed by atoms with Gasteiger partial charge in [0.05, 0.1) is 53.7 Å². The fourth-order valence-corrected chi connectivity index (χ4v) is 8.82. The summed E-state index contributed by atoms with van der Waals surface area (Å²) < 4.78 is 43.4. The first-order valence-corrected chi connectivity index (χ1v) is 19.0. The fourth-order valence-electron chi connectivity index (χ4n) is 8.82. The maximum atomic E-state index is 14.3. The number of methoxy groups -OCH3 is 2. The van der Waals surface area contributed by atoms with Gasteiger partial charge in [0.1, 0.15) is 23.9 Å². The molecule has 3 aliphatic heterocycles. The number of carbonyl (C=O) groups excluding carboxylic acids is 1. The molecule has 5 N–H and O–H groups in total. The van der Waals surface area contributed by atoms with Gasteiger partial charge in [-0.2, -0.15) is 0 Å². The van der Waals surface area contributed by atoms with Gasteiger partial charge >= 0.3 is 5.97 Å².